The predicted octanol–water partition coefficient (Wildman–Crippen LogP) is 2.38. The number of aliphatic hydroxyl groups excluding tert-OH is 1. The molecule has 0 radical (unpaired) electrons. The first-order valence-electron chi connectivity index (χ1n) is 7.33. The number of rotatable bonds is 6. The first kappa shape index (κ1) is 15.4. The number of carbonyl (C=O) groups excluding carboxylic acids is 1. The van der Waals surface area contributed by atoms with Crippen molar-refractivity contribution in [2.24, 2.45) is 0 Å². The summed E-state index contributed by atoms with van der Waals surface area (Å²) in [7, 11) is 0. The molecule has 0 unspecified atom stereocenters. The molecule has 1 amide bonds. The lowest BCUT2D eigenvalue weighted by molar-refractivity contribution is -0.119. The van der Waals surface area contributed by atoms with E-state index in [0.29, 0.717) is 5.75 Å². The fourth-order valence-electron chi connectivity index (χ4n) is 2.49. The van der Waals surface area contributed by atoms with E-state index in [9.17, 15) is 9.90 Å². The third-order valence-electron chi connectivity index (χ3n) is 3.67. The summed E-state index contributed by atoms with van der Waals surface area (Å²) in [5, 5.41) is 12.5. The molecular formula is C16H23NO2S. The monoisotopic (exact) mass is 293 g/mol. The van der Waals surface area contributed by atoms with Gasteiger partial charge in [-0.15, -0.1) is 0 Å². The van der Waals surface area contributed by atoms with E-state index < -0.39 is 0 Å². The number of aryl methyl sites for hydroxylation is 1. The molecule has 0 heterocycles. The second kappa shape index (κ2) is 8.32. The summed E-state index contributed by atoms with van der Waals surface area (Å²) >= 11 is 1.68. The van der Waals surface area contributed by atoms with E-state index in [1.807, 2.05) is 18.2 Å². The first-order chi connectivity index (χ1) is 9.74. The normalized spacial score (nSPS) is 22.4. The van der Waals surface area contributed by atoms with E-state index in [1.165, 1.54) is 5.56 Å². The molecule has 0 saturated heterocycles. The highest BCUT2D eigenvalue weighted by Gasteiger charge is 2.20. The lowest BCUT2D eigenvalue weighted by atomic mass is 9.93. The van der Waals surface area contributed by atoms with Gasteiger partial charge in [-0.1, -0.05) is 30.3 Å². The van der Waals surface area contributed by atoms with Crippen LogP contribution in [0.3, 0.4) is 0 Å². The Morgan fingerprint density at radius 2 is 1.90 bits per heavy atom. The van der Waals surface area contributed by atoms with Crippen LogP contribution in [0.25, 0.3) is 0 Å². The Hall–Kier alpha value is -1.00. The zero-order chi connectivity index (χ0) is 14.2. The van der Waals surface area contributed by atoms with Gasteiger partial charge in [-0.05, 0) is 43.4 Å². The molecule has 0 atom stereocenters. The molecule has 4 heteroatoms. The highest BCUT2D eigenvalue weighted by Crippen LogP contribution is 2.18. The van der Waals surface area contributed by atoms with Gasteiger partial charge in [0, 0.05) is 6.04 Å². The number of carbonyl (C=O) groups is 1. The summed E-state index contributed by atoms with van der Waals surface area (Å²) < 4.78 is 0. The van der Waals surface area contributed by atoms with Crippen LogP contribution < -0.4 is 5.32 Å². The molecule has 20 heavy (non-hydrogen) atoms. The van der Waals surface area contributed by atoms with E-state index in [-0.39, 0.29) is 18.1 Å². The number of benzene rings is 1. The molecule has 1 fully saturated rings. The van der Waals surface area contributed by atoms with Gasteiger partial charge in [-0.25, -0.2) is 0 Å². The van der Waals surface area contributed by atoms with E-state index in [0.717, 1.165) is 37.9 Å². The molecule has 0 bridgehead atoms. The van der Waals surface area contributed by atoms with Crippen molar-refractivity contribution in [2.75, 3.05) is 11.5 Å². The maximum atomic E-state index is 11.8. The Balaban J connectivity index is 1.56. The summed E-state index contributed by atoms with van der Waals surface area (Å²) in [4.78, 5) is 11.8. The SMILES string of the molecule is O=C(CSCCc1ccccc1)NC1CCC(O)CC1. The molecule has 1 aromatic carbocycles. The maximum Gasteiger partial charge on any atom is 0.230 e. The molecule has 110 valence electrons. The Morgan fingerprint density at radius 1 is 1.20 bits per heavy atom. The Bertz CT molecular complexity index is 402. The minimum absolute atomic E-state index is 0.129. The van der Waals surface area contributed by atoms with Gasteiger partial charge in [0.15, 0.2) is 0 Å². The van der Waals surface area contributed by atoms with Crippen molar-refractivity contribution in [3.05, 3.63) is 35.9 Å². The van der Waals surface area contributed by atoms with Gasteiger partial charge in [0.25, 0.3) is 0 Å². The van der Waals surface area contributed by atoms with Crippen LogP contribution in [0.2, 0.25) is 0 Å². The summed E-state index contributed by atoms with van der Waals surface area (Å²) in [5.41, 5.74) is 1.32. The van der Waals surface area contributed by atoms with Gasteiger partial charge in [0.05, 0.1) is 11.9 Å². The quantitative estimate of drug-likeness (QED) is 0.792. The van der Waals surface area contributed by atoms with Crippen molar-refractivity contribution in [1.29, 1.82) is 0 Å². The lowest BCUT2D eigenvalue weighted by Crippen LogP contribution is -2.39. The van der Waals surface area contributed by atoms with Crippen LogP contribution >= 0.6 is 11.8 Å². The van der Waals surface area contributed by atoms with Crippen LogP contribution in [0.15, 0.2) is 30.3 Å². The molecule has 3 nitrogen and oxygen atoms in total. The topological polar surface area (TPSA) is 49.3 Å². The van der Waals surface area contributed by atoms with Crippen LogP contribution in [-0.2, 0) is 11.2 Å². The third-order valence-corrected chi connectivity index (χ3v) is 4.63. The summed E-state index contributed by atoms with van der Waals surface area (Å²) in [6.07, 6.45) is 4.28. The zero-order valence-electron chi connectivity index (χ0n) is 11.8. The fourth-order valence-corrected chi connectivity index (χ4v) is 3.28. The zero-order valence-corrected chi connectivity index (χ0v) is 12.6. The van der Waals surface area contributed by atoms with Gasteiger partial charge >= 0.3 is 0 Å². The molecule has 1 aliphatic rings. The van der Waals surface area contributed by atoms with E-state index in [1.54, 1.807) is 11.8 Å². The van der Waals surface area contributed by atoms with Crippen LogP contribution in [-0.4, -0.2) is 34.7 Å². The van der Waals surface area contributed by atoms with Crippen molar-refractivity contribution in [3.63, 3.8) is 0 Å². The molecule has 1 aliphatic carbocycles. The largest absolute Gasteiger partial charge is 0.393 e. The molecule has 1 saturated carbocycles. The Morgan fingerprint density at radius 3 is 2.60 bits per heavy atom. The van der Waals surface area contributed by atoms with Crippen molar-refractivity contribution in [1.82, 2.24) is 5.32 Å². The van der Waals surface area contributed by atoms with Gasteiger partial charge < -0.3 is 10.4 Å². The number of aliphatic hydroxyl groups is 1. The lowest BCUT2D eigenvalue weighted by Gasteiger charge is -2.26. The summed E-state index contributed by atoms with van der Waals surface area (Å²) in [6, 6.07) is 10.6. The van der Waals surface area contributed by atoms with Crippen molar-refractivity contribution in [2.45, 2.75) is 44.2 Å². The molecule has 0 spiro atoms. The third kappa shape index (κ3) is 5.55. The summed E-state index contributed by atoms with van der Waals surface area (Å²) in [5.74, 6) is 1.64. The fraction of sp³-hybridized carbons (Fsp3) is 0.562. The molecule has 1 aromatic rings. The van der Waals surface area contributed by atoms with Crippen LogP contribution in [0, 0.1) is 0 Å². The van der Waals surface area contributed by atoms with Crippen LogP contribution in [0.5, 0.6) is 0 Å². The highest BCUT2D eigenvalue weighted by molar-refractivity contribution is 7.99. The Labute approximate surface area is 125 Å². The molecule has 0 aromatic heterocycles. The van der Waals surface area contributed by atoms with Gasteiger partial charge in [-0.2, -0.15) is 11.8 Å². The van der Waals surface area contributed by atoms with Crippen molar-refractivity contribution < 1.29 is 9.90 Å². The molecular weight excluding hydrogens is 270 g/mol. The second-order valence-corrected chi connectivity index (χ2v) is 6.47. The minimum Gasteiger partial charge on any atom is -0.393 e. The summed E-state index contributed by atoms with van der Waals surface area (Å²) in [6.45, 7) is 0. The average Bonchev–Trinajstić information content (AvgIpc) is 2.47. The standard InChI is InChI=1S/C16H23NO2S/c18-15-8-6-14(7-9-15)17-16(19)12-20-11-10-13-4-2-1-3-5-13/h1-5,14-15,18H,6-12H2,(H,17,19). The first-order valence-corrected chi connectivity index (χ1v) is 8.48. The van der Waals surface area contributed by atoms with Gasteiger partial charge in [-0.3, -0.25) is 4.79 Å². The van der Waals surface area contributed by atoms with Crippen LogP contribution in [0.4, 0.5) is 0 Å². The molecule has 2 N–H and O–H groups in total. The number of hydrogen-bond donors (Lipinski definition) is 2. The maximum absolute atomic E-state index is 11.8. The highest BCUT2D eigenvalue weighted by atomic mass is 32.2. The number of hydrogen-bond acceptors (Lipinski definition) is 3. The number of amides is 1. The minimum atomic E-state index is -0.164. The van der Waals surface area contributed by atoms with Crippen LogP contribution in [0.1, 0.15) is 31.2 Å². The smallest absolute Gasteiger partial charge is 0.230 e. The molecule has 2 rings (SSSR count). The molecule has 0 aliphatic heterocycles. The van der Waals surface area contributed by atoms with Gasteiger partial charge in [0.1, 0.15) is 0 Å². The van der Waals surface area contributed by atoms with Gasteiger partial charge in [0.2, 0.25) is 5.91 Å². The van der Waals surface area contributed by atoms with Crippen molar-refractivity contribution in [3.8, 4) is 0 Å². The Kier molecular flexibility index (Phi) is 6.40. The van der Waals surface area contributed by atoms with Crippen molar-refractivity contribution >= 4 is 17.7 Å². The second-order valence-electron chi connectivity index (χ2n) is 5.36. The average molecular weight is 293 g/mol. The van der Waals surface area contributed by atoms with E-state index in [2.05, 4.69) is 17.4 Å². The number of nitrogens with one attached hydrogen (secondary N) is 1. The van der Waals surface area contributed by atoms with E-state index in [4.69, 9.17) is 0 Å². The predicted molar refractivity (Wildman–Crippen MR) is 83.9 cm³/mol. The number of thioether (sulfide) groups is 1. The van der Waals surface area contributed by atoms with E-state index >= 15 is 0 Å².